The van der Waals surface area contributed by atoms with Crippen molar-refractivity contribution in [3.8, 4) is 0 Å². The molecule has 1 saturated heterocycles. The number of carbonyl (C=O) groups excluding carboxylic acids is 4. The molecule has 0 spiro atoms. The van der Waals surface area contributed by atoms with Crippen molar-refractivity contribution >= 4 is 64.0 Å². The van der Waals surface area contributed by atoms with Gasteiger partial charge in [-0.15, -0.1) is 0 Å². The molecule has 2 N–H and O–H groups in total. The molecule has 1 aliphatic heterocycles. The summed E-state index contributed by atoms with van der Waals surface area (Å²) in [5.74, 6) is -1.26. The third-order valence-corrected chi connectivity index (χ3v) is 5.83. The van der Waals surface area contributed by atoms with Gasteiger partial charge in [0.15, 0.2) is 0 Å². The minimum absolute atomic E-state index is 0.0158. The average Bonchev–Trinajstić information content (AvgIpc) is 2.90. The number of carbonyl (C=O) groups is 4. The van der Waals surface area contributed by atoms with Crippen LogP contribution in [0.25, 0.3) is 6.08 Å². The molecule has 0 aromatic heterocycles. The highest BCUT2D eigenvalue weighted by molar-refractivity contribution is 8.18. The van der Waals surface area contributed by atoms with Gasteiger partial charge in [0.25, 0.3) is 11.1 Å². The van der Waals surface area contributed by atoms with E-state index in [-0.39, 0.29) is 35.7 Å². The lowest BCUT2D eigenvalue weighted by Gasteiger charge is -2.21. The van der Waals surface area contributed by atoms with Gasteiger partial charge in [-0.25, -0.2) is 0 Å². The quantitative estimate of drug-likeness (QED) is 0.612. The number of benzene rings is 1. The van der Waals surface area contributed by atoms with Gasteiger partial charge in [0.1, 0.15) is 6.04 Å². The number of imide groups is 1. The SMILES string of the molecule is CC(=O)NC(C(=O)NCCN1C(=O)S/C(=C\c2cccc(Cl)c2Cl)C1=O)C(C)C. The number of nitrogens with zero attached hydrogens (tertiary/aromatic N) is 1. The smallest absolute Gasteiger partial charge is 0.293 e. The Balaban J connectivity index is 2.00. The van der Waals surface area contributed by atoms with E-state index in [1.165, 1.54) is 13.0 Å². The fourth-order valence-electron chi connectivity index (χ4n) is 2.62. The van der Waals surface area contributed by atoms with E-state index in [0.29, 0.717) is 15.6 Å². The zero-order chi connectivity index (χ0) is 21.7. The molecule has 0 radical (unpaired) electrons. The second kappa shape index (κ2) is 10.1. The van der Waals surface area contributed by atoms with Gasteiger partial charge in [0.05, 0.1) is 15.0 Å². The summed E-state index contributed by atoms with van der Waals surface area (Å²) in [7, 11) is 0. The highest BCUT2D eigenvalue weighted by Gasteiger charge is 2.35. The lowest BCUT2D eigenvalue weighted by molar-refractivity contribution is -0.129. The van der Waals surface area contributed by atoms with Crippen molar-refractivity contribution in [3.05, 3.63) is 38.7 Å². The first-order valence-electron chi connectivity index (χ1n) is 8.86. The average molecular weight is 458 g/mol. The molecule has 1 atom stereocenters. The maximum atomic E-state index is 12.6. The number of thioether (sulfide) groups is 1. The lowest BCUT2D eigenvalue weighted by Crippen LogP contribution is -2.50. The van der Waals surface area contributed by atoms with Crippen molar-refractivity contribution < 1.29 is 19.2 Å². The van der Waals surface area contributed by atoms with Crippen molar-refractivity contribution in [1.29, 1.82) is 0 Å². The summed E-state index contributed by atoms with van der Waals surface area (Å²) in [5, 5.41) is 5.45. The highest BCUT2D eigenvalue weighted by atomic mass is 35.5. The molecular formula is C19H21Cl2N3O4S. The van der Waals surface area contributed by atoms with E-state index in [9.17, 15) is 19.2 Å². The number of rotatable bonds is 7. The molecule has 0 bridgehead atoms. The lowest BCUT2D eigenvalue weighted by atomic mass is 10.0. The normalized spacial score (nSPS) is 16.5. The maximum Gasteiger partial charge on any atom is 0.293 e. The van der Waals surface area contributed by atoms with E-state index in [1.54, 1.807) is 18.2 Å². The van der Waals surface area contributed by atoms with Gasteiger partial charge in [0, 0.05) is 20.0 Å². The molecule has 1 aromatic carbocycles. The standard InChI is InChI=1S/C19H21Cl2N3O4S/c1-10(2)16(23-11(3)25)17(26)22-7-8-24-18(27)14(29-19(24)28)9-12-5-4-6-13(20)15(12)21/h4-6,9-10,16H,7-8H2,1-3H3,(H,22,26)(H,23,25)/b14-9-. The molecule has 10 heteroatoms. The predicted molar refractivity (Wildman–Crippen MR) is 115 cm³/mol. The molecule has 0 saturated carbocycles. The number of hydrogen-bond donors (Lipinski definition) is 2. The van der Waals surface area contributed by atoms with Crippen LogP contribution in [0, 0.1) is 5.92 Å². The fraction of sp³-hybridized carbons (Fsp3) is 0.368. The minimum atomic E-state index is -0.688. The molecule has 1 aliphatic rings. The van der Waals surface area contributed by atoms with E-state index >= 15 is 0 Å². The van der Waals surface area contributed by atoms with E-state index in [2.05, 4.69) is 10.6 Å². The summed E-state index contributed by atoms with van der Waals surface area (Å²) in [6.45, 7) is 5.04. The predicted octanol–water partition coefficient (Wildman–Crippen LogP) is 3.31. The number of nitrogens with one attached hydrogen (secondary N) is 2. The van der Waals surface area contributed by atoms with Crippen LogP contribution < -0.4 is 10.6 Å². The molecule has 156 valence electrons. The van der Waals surface area contributed by atoms with Crippen LogP contribution in [0.2, 0.25) is 10.0 Å². The summed E-state index contributed by atoms with van der Waals surface area (Å²) in [6, 6.07) is 4.32. The minimum Gasteiger partial charge on any atom is -0.353 e. The van der Waals surface area contributed by atoms with Crippen molar-refractivity contribution in [2.24, 2.45) is 5.92 Å². The third kappa shape index (κ3) is 5.98. The zero-order valence-electron chi connectivity index (χ0n) is 16.1. The first-order valence-corrected chi connectivity index (χ1v) is 10.4. The molecule has 4 amide bonds. The van der Waals surface area contributed by atoms with Crippen LogP contribution in [-0.4, -0.2) is 47.0 Å². The van der Waals surface area contributed by atoms with Crippen LogP contribution in [0.4, 0.5) is 4.79 Å². The Kier molecular flexibility index (Phi) is 8.13. The van der Waals surface area contributed by atoms with Crippen LogP contribution in [0.1, 0.15) is 26.3 Å². The summed E-state index contributed by atoms with van der Waals surface area (Å²) in [6.07, 6.45) is 1.52. The van der Waals surface area contributed by atoms with Crippen LogP contribution >= 0.6 is 35.0 Å². The zero-order valence-corrected chi connectivity index (χ0v) is 18.5. The molecule has 1 heterocycles. The molecule has 7 nitrogen and oxygen atoms in total. The van der Waals surface area contributed by atoms with Crippen molar-refractivity contribution in [2.45, 2.75) is 26.8 Å². The largest absolute Gasteiger partial charge is 0.353 e. The van der Waals surface area contributed by atoms with Crippen molar-refractivity contribution in [2.75, 3.05) is 13.1 Å². The number of amides is 4. The van der Waals surface area contributed by atoms with E-state index in [0.717, 1.165) is 16.7 Å². The summed E-state index contributed by atoms with van der Waals surface area (Å²) < 4.78 is 0. The highest BCUT2D eigenvalue weighted by Crippen LogP contribution is 2.34. The maximum absolute atomic E-state index is 12.6. The Bertz CT molecular complexity index is 873. The van der Waals surface area contributed by atoms with Crippen LogP contribution in [0.5, 0.6) is 0 Å². The van der Waals surface area contributed by atoms with Gasteiger partial charge in [-0.1, -0.05) is 49.2 Å². The van der Waals surface area contributed by atoms with Crippen molar-refractivity contribution in [3.63, 3.8) is 0 Å². The van der Waals surface area contributed by atoms with E-state index < -0.39 is 17.2 Å². The van der Waals surface area contributed by atoms with E-state index in [4.69, 9.17) is 23.2 Å². The third-order valence-electron chi connectivity index (χ3n) is 4.08. The first-order chi connectivity index (χ1) is 13.6. The van der Waals surface area contributed by atoms with Crippen molar-refractivity contribution in [1.82, 2.24) is 15.5 Å². The topological polar surface area (TPSA) is 95.6 Å². The van der Waals surface area contributed by atoms with Gasteiger partial charge < -0.3 is 10.6 Å². The van der Waals surface area contributed by atoms with Crippen LogP contribution in [0.15, 0.2) is 23.1 Å². The van der Waals surface area contributed by atoms with Gasteiger partial charge in [0.2, 0.25) is 11.8 Å². The Morgan fingerprint density at radius 2 is 1.93 bits per heavy atom. The first kappa shape index (κ1) is 23.3. The second-order valence-corrected chi connectivity index (χ2v) is 8.47. The Hall–Kier alpha value is -2.03. The number of halogens is 2. The molecular weight excluding hydrogens is 437 g/mol. The molecule has 29 heavy (non-hydrogen) atoms. The molecule has 1 fully saturated rings. The van der Waals surface area contributed by atoms with Crippen LogP contribution in [0.3, 0.4) is 0 Å². The summed E-state index contributed by atoms with van der Waals surface area (Å²) in [4.78, 5) is 49.6. The number of hydrogen-bond acceptors (Lipinski definition) is 5. The fourth-order valence-corrected chi connectivity index (χ4v) is 3.84. The van der Waals surface area contributed by atoms with Gasteiger partial charge in [-0.2, -0.15) is 0 Å². The molecule has 1 unspecified atom stereocenters. The summed E-state index contributed by atoms with van der Waals surface area (Å²) in [5.41, 5.74) is 0.535. The van der Waals surface area contributed by atoms with Gasteiger partial charge in [-0.3, -0.25) is 24.1 Å². The molecule has 0 aliphatic carbocycles. The monoisotopic (exact) mass is 457 g/mol. The molecule has 1 aromatic rings. The second-order valence-electron chi connectivity index (χ2n) is 6.69. The summed E-state index contributed by atoms with van der Waals surface area (Å²) >= 11 is 12.9. The van der Waals surface area contributed by atoms with E-state index in [1.807, 2.05) is 13.8 Å². The Morgan fingerprint density at radius 1 is 1.24 bits per heavy atom. The van der Waals surface area contributed by atoms with Crippen LogP contribution in [-0.2, 0) is 14.4 Å². The molecule has 2 rings (SSSR count). The van der Waals surface area contributed by atoms with Gasteiger partial charge in [-0.05, 0) is 35.4 Å². The Labute approximate surface area is 183 Å². The Morgan fingerprint density at radius 3 is 2.55 bits per heavy atom. The van der Waals surface area contributed by atoms with Gasteiger partial charge >= 0.3 is 0 Å².